The molecule has 1 aromatic heterocycles. The zero-order valence-corrected chi connectivity index (χ0v) is 21.1. The zero-order valence-electron chi connectivity index (χ0n) is 18.7. The van der Waals surface area contributed by atoms with Crippen LogP contribution in [0.5, 0.6) is 6.01 Å². The molecule has 1 fully saturated rings. The lowest BCUT2D eigenvalue weighted by molar-refractivity contribution is 0.152. The number of nitriles is 1. The molecular formula is C24H20BrF2N5O2S. The van der Waals surface area contributed by atoms with Crippen LogP contribution in [0.25, 0.3) is 27.6 Å². The number of nitrogens with two attached hydrogens (primary N) is 1. The number of aromatic nitrogens is 2. The highest BCUT2D eigenvalue weighted by molar-refractivity contribution is 9.10. The number of rotatable bonds is 3. The maximum Gasteiger partial charge on any atom is 0.318 e. The van der Waals surface area contributed by atoms with Crippen LogP contribution in [0.15, 0.2) is 33.3 Å². The Bertz CT molecular complexity index is 1420. The molecule has 0 aliphatic carbocycles. The molecule has 35 heavy (non-hydrogen) atoms. The Morgan fingerprint density at radius 1 is 1.23 bits per heavy atom. The predicted molar refractivity (Wildman–Crippen MR) is 134 cm³/mol. The molecule has 0 bridgehead atoms. The number of halogens is 3. The second kappa shape index (κ2) is 9.60. The first-order valence-corrected chi connectivity index (χ1v) is 12.6. The lowest BCUT2D eigenvalue weighted by Gasteiger charge is -2.24. The number of anilines is 1. The Labute approximate surface area is 213 Å². The largest absolute Gasteiger partial charge is 0.467 e. The summed E-state index contributed by atoms with van der Waals surface area (Å²) in [7, 11) is 1.43. The molecule has 0 radical (unpaired) electrons. The van der Waals surface area contributed by atoms with Gasteiger partial charge >= 0.3 is 6.01 Å². The minimum Gasteiger partial charge on any atom is -0.467 e. The average molecular weight is 560 g/mol. The number of hydrogen-bond donors (Lipinski definition) is 1. The van der Waals surface area contributed by atoms with E-state index in [1.165, 1.54) is 31.0 Å². The molecule has 2 aliphatic rings. The van der Waals surface area contributed by atoms with Gasteiger partial charge in [0.2, 0.25) is 0 Å². The van der Waals surface area contributed by atoms with Crippen LogP contribution in [0, 0.1) is 23.0 Å². The van der Waals surface area contributed by atoms with Crippen molar-refractivity contribution >= 4 is 50.0 Å². The van der Waals surface area contributed by atoms with Crippen LogP contribution >= 0.6 is 27.7 Å². The van der Waals surface area contributed by atoms with Gasteiger partial charge < -0.3 is 20.1 Å². The van der Waals surface area contributed by atoms with Crippen molar-refractivity contribution in [1.82, 2.24) is 9.97 Å². The second-order valence-corrected chi connectivity index (χ2v) is 9.87. The number of methoxy groups -OCH3 is 1. The fourth-order valence-corrected chi connectivity index (χ4v) is 5.99. The number of allylic oxidation sites excluding steroid dienone is 1. The van der Waals surface area contributed by atoms with Gasteiger partial charge in [0.1, 0.15) is 23.2 Å². The zero-order chi connectivity index (χ0) is 24.7. The van der Waals surface area contributed by atoms with Crippen molar-refractivity contribution in [3.63, 3.8) is 0 Å². The summed E-state index contributed by atoms with van der Waals surface area (Å²) >= 11 is 4.70. The van der Waals surface area contributed by atoms with Crippen LogP contribution in [0.3, 0.4) is 0 Å². The third-order valence-electron chi connectivity index (χ3n) is 5.98. The van der Waals surface area contributed by atoms with Gasteiger partial charge in [0.25, 0.3) is 0 Å². The third kappa shape index (κ3) is 4.09. The predicted octanol–water partition coefficient (Wildman–Crippen LogP) is 4.87. The monoisotopic (exact) mass is 559 g/mol. The smallest absolute Gasteiger partial charge is 0.318 e. The van der Waals surface area contributed by atoms with Gasteiger partial charge in [-0.1, -0.05) is 22.0 Å². The van der Waals surface area contributed by atoms with Crippen LogP contribution in [-0.4, -0.2) is 49.1 Å². The average Bonchev–Trinajstić information content (AvgIpc) is 3.14. The van der Waals surface area contributed by atoms with Crippen LogP contribution in [0.2, 0.25) is 0 Å². The summed E-state index contributed by atoms with van der Waals surface area (Å²) in [5.74, 6) is -0.295. The molecule has 0 atom stereocenters. The first-order valence-electron chi connectivity index (χ1n) is 10.9. The first-order chi connectivity index (χ1) is 16.9. The van der Waals surface area contributed by atoms with Gasteiger partial charge in [-0.25, -0.2) is 8.78 Å². The van der Waals surface area contributed by atoms with Gasteiger partial charge in [0.15, 0.2) is 5.82 Å². The normalized spacial score (nSPS) is 16.1. The minimum atomic E-state index is -0.636. The topological polar surface area (TPSA) is 97.3 Å². The van der Waals surface area contributed by atoms with Gasteiger partial charge in [-0.2, -0.15) is 15.2 Å². The van der Waals surface area contributed by atoms with E-state index in [9.17, 15) is 9.65 Å². The van der Waals surface area contributed by atoms with Crippen molar-refractivity contribution in [2.24, 2.45) is 5.73 Å². The van der Waals surface area contributed by atoms with Crippen molar-refractivity contribution in [3.05, 3.63) is 45.6 Å². The molecule has 0 unspecified atom stereocenters. The number of benzene rings is 2. The van der Waals surface area contributed by atoms with E-state index in [0.717, 1.165) is 6.42 Å². The molecule has 11 heteroatoms. The van der Waals surface area contributed by atoms with Crippen molar-refractivity contribution < 1.29 is 18.3 Å². The number of thioether (sulfide) groups is 1. The Morgan fingerprint density at radius 3 is 2.83 bits per heavy atom. The standard InChI is InChI=1S/C24H20BrF2N5O2S/c1-33-24-30-21-13(23(31-24)32-5-2-7-34-8-6-32)9-15(25)19(20(21)27)12-3-4-16(26)22-18(12)14(10-28)17(29)11-35-22/h3-4,9H,2,5-8,11,29H2,1H3. The summed E-state index contributed by atoms with van der Waals surface area (Å²) in [6.45, 7) is 2.45. The number of hydrogen-bond acceptors (Lipinski definition) is 8. The molecule has 0 amide bonds. The maximum atomic E-state index is 16.3. The fourth-order valence-electron chi connectivity index (χ4n) is 4.36. The second-order valence-electron chi connectivity index (χ2n) is 8.03. The van der Waals surface area contributed by atoms with Gasteiger partial charge in [0.05, 0.1) is 24.2 Å². The van der Waals surface area contributed by atoms with E-state index >= 15 is 4.39 Å². The van der Waals surface area contributed by atoms with E-state index in [4.69, 9.17) is 15.2 Å². The summed E-state index contributed by atoms with van der Waals surface area (Å²) < 4.78 is 42.3. The summed E-state index contributed by atoms with van der Waals surface area (Å²) in [5, 5.41) is 10.3. The van der Waals surface area contributed by atoms with E-state index < -0.39 is 11.6 Å². The van der Waals surface area contributed by atoms with Crippen molar-refractivity contribution in [3.8, 4) is 23.2 Å². The lowest BCUT2D eigenvalue weighted by Crippen LogP contribution is -2.27. The van der Waals surface area contributed by atoms with Crippen LogP contribution in [0.4, 0.5) is 14.6 Å². The van der Waals surface area contributed by atoms with Gasteiger partial charge in [-0.3, -0.25) is 0 Å². The maximum absolute atomic E-state index is 16.3. The quantitative estimate of drug-likeness (QED) is 0.485. The molecule has 0 spiro atoms. The fraction of sp³-hybridized carbons (Fsp3) is 0.292. The van der Waals surface area contributed by atoms with E-state index in [0.29, 0.717) is 53.2 Å². The van der Waals surface area contributed by atoms with E-state index in [1.807, 2.05) is 4.90 Å². The Hall–Kier alpha value is -2.94. The minimum absolute atomic E-state index is 0.0309. The molecule has 2 N–H and O–H groups in total. The van der Waals surface area contributed by atoms with Gasteiger partial charge in [-0.15, -0.1) is 11.8 Å². The molecule has 0 saturated carbocycles. The summed E-state index contributed by atoms with van der Waals surface area (Å²) in [6.07, 6.45) is 0.805. The van der Waals surface area contributed by atoms with E-state index in [1.54, 1.807) is 6.07 Å². The lowest BCUT2D eigenvalue weighted by atomic mass is 9.92. The molecular weight excluding hydrogens is 540 g/mol. The highest BCUT2D eigenvalue weighted by Crippen LogP contribution is 2.46. The third-order valence-corrected chi connectivity index (χ3v) is 7.75. The Balaban J connectivity index is 1.79. The molecule has 1 saturated heterocycles. The molecule has 7 nitrogen and oxygen atoms in total. The highest BCUT2D eigenvalue weighted by Gasteiger charge is 2.29. The molecule has 180 valence electrons. The molecule has 3 heterocycles. The van der Waals surface area contributed by atoms with Crippen molar-refractivity contribution in [2.45, 2.75) is 11.3 Å². The molecule has 2 aromatic carbocycles. The molecule has 3 aromatic rings. The Kier molecular flexibility index (Phi) is 6.53. The van der Waals surface area contributed by atoms with Crippen molar-refractivity contribution in [2.75, 3.05) is 44.1 Å². The van der Waals surface area contributed by atoms with Gasteiger partial charge in [-0.05, 0) is 24.1 Å². The SMILES string of the molecule is COc1nc(N2CCCOCC2)c2cc(Br)c(-c3ccc(F)c4c3C(C#N)=C(N)CS4)c(F)c2n1. The number of ether oxygens (including phenoxy) is 2. The molecule has 2 aliphatic heterocycles. The first kappa shape index (κ1) is 23.8. The highest BCUT2D eigenvalue weighted by atomic mass is 79.9. The molecule has 5 rings (SSSR count). The summed E-state index contributed by atoms with van der Waals surface area (Å²) in [6, 6.07) is 6.59. The number of fused-ring (bicyclic) bond motifs is 2. The van der Waals surface area contributed by atoms with Crippen molar-refractivity contribution in [1.29, 1.82) is 5.26 Å². The van der Waals surface area contributed by atoms with E-state index in [-0.39, 0.29) is 38.9 Å². The van der Waals surface area contributed by atoms with E-state index in [2.05, 4.69) is 32.0 Å². The van der Waals surface area contributed by atoms with Crippen LogP contribution in [-0.2, 0) is 4.74 Å². The van der Waals surface area contributed by atoms with Crippen LogP contribution in [0.1, 0.15) is 12.0 Å². The summed E-state index contributed by atoms with van der Waals surface area (Å²) in [4.78, 5) is 11.1. The number of nitrogens with zero attached hydrogens (tertiary/aromatic N) is 4. The van der Waals surface area contributed by atoms with Gasteiger partial charge in [0, 0.05) is 52.1 Å². The summed E-state index contributed by atoms with van der Waals surface area (Å²) in [5.41, 5.74) is 7.39. The Morgan fingerprint density at radius 2 is 2.06 bits per heavy atom. The van der Waals surface area contributed by atoms with Crippen LogP contribution < -0.4 is 15.4 Å².